The van der Waals surface area contributed by atoms with Crippen molar-refractivity contribution < 1.29 is 4.74 Å². The number of fused-ring (bicyclic) bond motifs is 1. The van der Waals surface area contributed by atoms with E-state index in [0.717, 1.165) is 11.4 Å². The third kappa shape index (κ3) is 3.65. The van der Waals surface area contributed by atoms with Crippen LogP contribution in [0, 0.1) is 0 Å². The number of ether oxygens (including phenoxy) is 1. The number of nitrogens with two attached hydrogens (primary N) is 1. The summed E-state index contributed by atoms with van der Waals surface area (Å²) in [5.41, 5.74) is 9.76. The second-order valence-electron chi connectivity index (χ2n) is 5.84. The van der Waals surface area contributed by atoms with Crippen molar-refractivity contribution in [1.82, 2.24) is 0 Å². The van der Waals surface area contributed by atoms with Gasteiger partial charge in [-0.05, 0) is 42.5 Å². The molecule has 1 unspecified atom stereocenters. The lowest BCUT2D eigenvalue weighted by Gasteiger charge is -2.24. The second-order valence-corrected chi connectivity index (χ2v) is 5.84. The highest BCUT2D eigenvalue weighted by Crippen LogP contribution is 2.31. The normalized spacial score (nSPS) is 17.4. The number of aryl methyl sites for hydroxylation is 1. The van der Waals surface area contributed by atoms with Crippen LogP contribution in [0.5, 0.6) is 5.75 Å². The maximum Gasteiger partial charge on any atom is 0.193 e. The van der Waals surface area contributed by atoms with E-state index in [4.69, 9.17) is 10.5 Å². The van der Waals surface area contributed by atoms with Crippen LogP contribution in [0.2, 0.25) is 0 Å². The fourth-order valence-corrected chi connectivity index (χ4v) is 3.18. The summed E-state index contributed by atoms with van der Waals surface area (Å²) in [6.07, 6.45) is 3.56. The molecule has 3 rings (SSSR count). The fraction of sp³-hybridized carbons (Fsp3) is 0.316. The molecule has 0 spiro atoms. The van der Waals surface area contributed by atoms with E-state index in [9.17, 15) is 0 Å². The number of aliphatic imine (C=N–C) groups is 1. The van der Waals surface area contributed by atoms with Crippen LogP contribution in [0.15, 0.2) is 53.5 Å². The molecule has 0 heterocycles. The highest BCUT2D eigenvalue weighted by Gasteiger charge is 2.19. The molecule has 4 heteroatoms. The van der Waals surface area contributed by atoms with Gasteiger partial charge in [-0.3, -0.25) is 4.99 Å². The van der Waals surface area contributed by atoms with Gasteiger partial charge in [0.05, 0.1) is 12.8 Å². The SMILES string of the molecule is COc1ccccc1NC(N)=NCC1CCCc2ccccc21. The van der Waals surface area contributed by atoms with E-state index in [-0.39, 0.29) is 0 Å². The van der Waals surface area contributed by atoms with Crippen LogP contribution in [0.1, 0.15) is 29.9 Å². The van der Waals surface area contributed by atoms with E-state index in [1.807, 2.05) is 24.3 Å². The van der Waals surface area contributed by atoms with Crippen LogP contribution >= 0.6 is 0 Å². The van der Waals surface area contributed by atoms with Gasteiger partial charge in [-0.25, -0.2) is 0 Å². The van der Waals surface area contributed by atoms with Crippen molar-refractivity contribution in [3.05, 3.63) is 59.7 Å². The molecule has 0 saturated heterocycles. The average Bonchev–Trinajstić information content (AvgIpc) is 2.60. The van der Waals surface area contributed by atoms with E-state index in [1.54, 1.807) is 7.11 Å². The number of nitrogens with one attached hydrogen (secondary N) is 1. The van der Waals surface area contributed by atoms with Gasteiger partial charge in [-0.2, -0.15) is 0 Å². The third-order valence-electron chi connectivity index (χ3n) is 4.35. The molecule has 1 aliphatic rings. The standard InChI is InChI=1S/C19H23N3O/c1-23-18-12-5-4-11-17(18)22-19(20)21-13-15-9-6-8-14-7-2-3-10-16(14)15/h2-5,7,10-12,15H,6,8-9,13H2,1H3,(H3,20,21,22). The Hall–Kier alpha value is -2.49. The molecule has 0 bridgehead atoms. The van der Waals surface area contributed by atoms with Gasteiger partial charge >= 0.3 is 0 Å². The largest absolute Gasteiger partial charge is 0.495 e. The molecular weight excluding hydrogens is 286 g/mol. The lowest BCUT2D eigenvalue weighted by Crippen LogP contribution is -2.24. The van der Waals surface area contributed by atoms with Crippen LogP contribution < -0.4 is 15.8 Å². The van der Waals surface area contributed by atoms with E-state index in [0.29, 0.717) is 18.4 Å². The second kappa shape index (κ2) is 7.18. The zero-order valence-corrected chi connectivity index (χ0v) is 13.5. The number of benzene rings is 2. The van der Waals surface area contributed by atoms with E-state index in [1.165, 1.54) is 30.4 Å². The van der Waals surface area contributed by atoms with Gasteiger partial charge in [0.2, 0.25) is 0 Å². The molecule has 1 aliphatic carbocycles. The van der Waals surface area contributed by atoms with Gasteiger partial charge in [0.15, 0.2) is 5.96 Å². The van der Waals surface area contributed by atoms with Crippen molar-refractivity contribution in [1.29, 1.82) is 0 Å². The first kappa shape index (κ1) is 15.4. The molecule has 0 amide bonds. The number of hydrogen-bond donors (Lipinski definition) is 2. The molecular formula is C19H23N3O. The Bertz CT molecular complexity index is 697. The van der Waals surface area contributed by atoms with E-state index >= 15 is 0 Å². The van der Waals surface area contributed by atoms with E-state index < -0.39 is 0 Å². The molecule has 0 saturated carbocycles. The van der Waals surface area contributed by atoms with Crippen molar-refractivity contribution in [3.63, 3.8) is 0 Å². The molecule has 0 radical (unpaired) electrons. The van der Waals surface area contributed by atoms with Crippen LogP contribution in [0.3, 0.4) is 0 Å². The number of methoxy groups -OCH3 is 1. The Kier molecular flexibility index (Phi) is 4.81. The zero-order chi connectivity index (χ0) is 16.1. The van der Waals surface area contributed by atoms with Gasteiger partial charge < -0.3 is 15.8 Å². The highest BCUT2D eigenvalue weighted by atomic mass is 16.5. The highest BCUT2D eigenvalue weighted by molar-refractivity contribution is 5.93. The van der Waals surface area contributed by atoms with Crippen molar-refractivity contribution >= 4 is 11.6 Å². The summed E-state index contributed by atoms with van der Waals surface area (Å²) < 4.78 is 5.31. The fourth-order valence-electron chi connectivity index (χ4n) is 3.18. The third-order valence-corrected chi connectivity index (χ3v) is 4.35. The maximum absolute atomic E-state index is 6.05. The Balaban J connectivity index is 1.69. The number of rotatable bonds is 4. The van der Waals surface area contributed by atoms with Crippen molar-refractivity contribution in [2.24, 2.45) is 10.7 Å². The summed E-state index contributed by atoms with van der Waals surface area (Å²) in [5.74, 6) is 1.64. The minimum atomic E-state index is 0.428. The van der Waals surface area contributed by atoms with Gasteiger partial charge in [0, 0.05) is 12.5 Å². The quantitative estimate of drug-likeness (QED) is 0.671. The molecule has 3 N–H and O–H groups in total. The Morgan fingerprint density at radius 2 is 2.00 bits per heavy atom. The summed E-state index contributed by atoms with van der Waals surface area (Å²) in [6, 6.07) is 16.4. The Morgan fingerprint density at radius 3 is 2.87 bits per heavy atom. The van der Waals surface area contributed by atoms with Gasteiger partial charge in [-0.15, -0.1) is 0 Å². The predicted octanol–water partition coefficient (Wildman–Crippen LogP) is 3.54. The van der Waals surface area contributed by atoms with Crippen molar-refractivity contribution in [2.75, 3.05) is 19.0 Å². The first-order valence-corrected chi connectivity index (χ1v) is 8.05. The molecule has 23 heavy (non-hydrogen) atoms. The van der Waals surface area contributed by atoms with E-state index in [2.05, 4.69) is 34.6 Å². The number of nitrogens with zero attached hydrogens (tertiary/aromatic N) is 1. The summed E-state index contributed by atoms with van der Waals surface area (Å²) in [4.78, 5) is 4.55. The molecule has 4 nitrogen and oxygen atoms in total. The molecule has 0 aliphatic heterocycles. The molecule has 1 atom stereocenters. The van der Waals surface area contributed by atoms with Crippen molar-refractivity contribution in [2.45, 2.75) is 25.2 Å². The predicted molar refractivity (Wildman–Crippen MR) is 95.2 cm³/mol. The van der Waals surface area contributed by atoms with Gasteiger partial charge in [-0.1, -0.05) is 36.4 Å². The molecule has 2 aromatic carbocycles. The molecule has 0 fully saturated rings. The minimum Gasteiger partial charge on any atom is -0.495 e. The first-order valence-electron chi connectivity index (χ1n) is 8.05. The smallest absolute Gasteiger partial charge is 0.193 e. The Labute approximate surface area is 137 Å². The molecule has 2 aromatic rings. The summed E-state index contributed by atoms with van der Waals surface area (Å²) in [7, 11) is 1.65. The van der Waals surface area contributed by atoms with Gasteiger partial charge in [0.25, 0.3) is 0 Å². The van der Waals surface area contributed by atoms with Crippen LogP contribution in [0.25, 0.3) is 0 Å². The molecule has 120 valence electrons. The van der Waals surface area contributed by atoms with Crippen LogP contribution in [0.4, 0.5) is 5.69 Å². The zero-order valence-electron chi connectivity index (χ0n) is 13.5. The van der Waals surface area contributed by atoms with Crippen LogP contribution in [-0.2, 0) is 6.42 Å². The summed E-state index contributed by atoms with van der Waals surface area (Å²) in [5, 5.41) is 3.13. The first-order chi connectivity index (χ1) is 11.3. The lowest BCUT2D eigenvalue weighted by molar-refractivity contribution is 0.417. The molecule has 0 aromatic heterocycles. The Morgan fingerprint density at radius 1 is 1.22 bits per heavy atom. The number of anilines is 1. The number of hydrogen-bond acceptors (Lipinski definition) is 2. The van der Waals surface area contributed by atoms with Gasteiger partial charge in [0.1, 0.15) is 5.75 Å². The number of para-hydroxylation sites is 2. The average molecular weight is 309 g/mol. The lowest BCUT2D eigenvalue weighted by atomic mass is 9.83. The maximum atomic E-state index is 6.05. The minimum absolute atomic E-state index is 0.428. The number of guanidine groups is 1. The summed E-state index contributed by atoms with van der Waals surface area (Å²) in [6.45, 7) is 0.713. The summed E-state index contributed by atoms with van der Waals surface area (Å²) >= 11 is 0. The van der Waals surface area contributed by atoms with Crippen molar-refractivity contribution in [3.8, 4) is 5.75 Å². The topological polar surface area (TPSA) is 59.6 Å². The van der Waals surface area contributed by atoms with Crippen LogP contribution in [-0.4, -0.2) is 19.6 Å². The monoisotopic (exact) mass is 309 g/mol.